The van der Waals surface area contributed by atoms with Crippen molar-refractivity contribution in [1.29, 1.82) is 0 Å². The Morgan fingerprint density at radius 1 is 1.42 bits per heavy atom. The molecule has 0 atom stereocenters. The van der Waals surface area contributed by atoms with E-state index in [1.54, 1.807) is 14.0 Å². The summed E-state index contributed by atoms with van der Waals surface area (Å²) in [7, 11) is 1.60. The molecular weight excluding hydrogens is 254 g/mol. The normalized spacial score (nSPS) is 10.5. The molecule has 1 heterocycles. The zero-order valence-corrected chi connectivity index (χ0v) is 10.4. The smallest absolute Gasteiger partial charge is 0.259 e. The second-order valence-corrected chi connectivity index (χ2v) is 4.05. The van der Waals surface area contributed by atoms with Gasteiger partial charge in [0.25, 0.3) is 5.91 Å². The van der Waals surface area contributed by atoms with Gasteiger partial charge in [0.15, 0.2) is 5.82 Å². The number of carbonyl (C=O) groups is 1. The van der Waals surface area contributed by atoms with Gasteiger partial charge in [-0.1, -0.05) is 0 Å². The van der Waals surface area contributed by atoms with E-state index >= 15 is 0 Å². The van der Waals surface area contributed by atoms with Crippen LogP contribution in [0.15, 0.2) is 18.2 Å². The van der Waals surface area contributed by atoms with Crippen molar-refractivity contribution in [2.75, 3.05) is 11.1 Å². The van der Waals surface area contributed by atoms with Gasteiger partial charge in [-0.05, 0) is 19.1 Å². The molecule has 100 valence electrons. The summed E-state index contributed by atoms with van der Waals surface area (Å²) in [5.74, 6) is -2.13. The molecule has 19 heavy (non-hydrogen) atoms. The van der Waals surface area contributed by atoms with Crippen LogP contribution in [0.1, 0.15) is 16.1 Å². The highest BCUT2D eigenvalue weighted by atomic mass is 19.1. The molecule has 0 unspecified atom stereocenters. The fourth-order valence-electron chi connectivity index (χ4n) is 1.67. The minimum Gasteiger partial charge on any atom is -0.394 e. The topological polar surface area (TPSA) is 72.9 Å². The van der Waals surface area contributed by atoms with Crippen molar-refractivity contribution < 1.29 is 13.6 Å². The van der Waals surface area contributed by atoms with Crippen LogP contribution in [0.25, 0.3) is 0 Å². The van der Waals surface area contributed by atoms with E-state index in [2.05, 4.69) is 10.4 Å². The molecule has 1 aromatic carbocycles. The maximum Gasteiger partial charge on any atom is 0.259 e. The Labute approximate surface area is 108 Å². The number of rotatable bonds is 2. The maximum absolute atomic E-state index is 13.5. The summed E-state index contributed by atoms with van der Waals surface area (Å²) >= 11 is 0. The second kappa shape index (κ2) is 4.68. The second-order valence-electron chi connectivity index (χ2n) is 4.05. The Bertz CT molecular complexity index is 651. The number of nitrogens with one attached hydrogen (secondary N) is 1. The predicted octanol–water partition coefficient (Wildman–Crippen LogP) is 1.84. The lowest BCUT2D eigenvalue weighted by Gasteiger charge is -2.07. The number of nitrogens with two attached hydrogens (primary N) is 1. The molecule has 0 fully saturated rings. The van der Waals surface area contributed by atoms with E-state index in [-0.39, 0.29) is 11.4 Å². The van der Waals surface area contributed by atoms with E-state index in [9.17, 15) is 13.6 Å². The number of carbonyl (C=O) groups excluding carboxylic acids is 1. The van der Waals surface area contributed by atoms with Crippen LogP contribution in [-0.4, -0.2) is 15.7 Å². The van der Waals surface area contributed by atoms with Crippen LogP contribution < -0.4 is 11.1 Å². The van der Waals surface area contributed by atoms with Gasteiger partial charge in [0.05, 0.1) is 16.9 Å². The van der Waals surface area contributed by atoms with Gasteiger partial charge in [-0.3, -0.25) is 9.48 Å². The first-order valence-corrected chi connectivity index (χ1v) is 5.45. The Morgan fingerprint density at radius 3 is 2.63 bits per heavy atom. The van der Waals surface area contributed by atoms with E-state index in [1.807, 2.05) is 0 Å². The Balaban J connectivity index is 2.31. The number of nitrogens with zero attached hydrogens (tertiary/aromatic N) is 2. The molecule has 0 aliphatic carbocycles. The van der Waals surface area contributed by atoms with Gasteiger partial charge in [0.2, 0.25) is 0 Å². The minimum atomic E-state index is -0.935. The molecule has 2 rings (SSSR count). The Hall–Kier alpha value is -2.44. The van der Waals surface area contributed by atoms with Crippen LogP contribution in [-0.2, 0) is 7.05 Å². The summed E-state index contributed by atoms with van der Waals surface area (Å²) in [6.45, 7) is 1.68. The molecular formula is C12H12F2N4O. The maximum atomic E-state index is 13.5. The molecule has 2 aromatic rings. The van der Waals surface area contributed by atoms with Crippen LogP contribution in [0.2, 0.25) is 0 Å². The molecule has 7 heteroatoms. The number of hydrogen-bond acceptors (Lipinski definition) is 3. The van der Waals surface area contributed by atoms with Crippen LogP contribution in [0.5, 0.6) is 0 Å². The third-order valence-electron chi connectivity index (χ3n) is 2.68. The molecule has 0 radical (unpaired) electrons. The third-order valence-corrected chi connectivity index (χ3v) is 2.68. The summed E-state index contributed by atoms with van der Waals surface area (Å²) < 4.78 is 27.6. The van der Waals surface area contributed by atoms with Crippen molar-refractivity contribution in [2.24, 2.45) is 7.05 Å². The highest BCUT2D eigenvalue weighted by molar-refractivity contribution is 6.05. The van der Waals surface area contributed by atoms with Crippen molar-refractivity contribution in [3.05, 3.63) is 41.1 Å². The van der Waals surface area contributed by atoms with Gasteiger partial charge in [-0.25, -0.2) is 8.78 Å². The summed E-state index contributed by atoms with van der Waals surface area (Å²) in [6.07, 6.45) is 0. The minimum absolute atomic E-state index is 0.264. The zero-order valence-electron chi connectivity index (χ0n) is 10.4. The standard InChI is InChI=1S/C12H12F2N4O/c1-6-10(15)11(18(2)17-6)16-12(19)8-4-3-7(13)5-9(8)14/h3-5H,15H2,1-2H3,(H,16,19). The number of amides is 1. The van der Waals surface area contributed by atoms with Crippen LogP contribution in [0, 0.1) is 18.6 Å². The molecule has 0 aliphatic heterocycles. The zero-order chi connectivity index (χ0) is 14.2. The SMILES string of the molecule is Cc1nn(C)c(NC(=O)c2ccc(F)cc2F)c1N. The largest absolute Gasteiger partial charge is 0.394 e. The van der Waals surface area contributed by atoms with Crippen molar-refractivity contribution in [3.63, 3.8) is 0 Å². The highest BCUT2D eigenvalue weighted by Crippen LogP contribution is 2.22. The molecule has 0 aliphatic rings. The van der Waals surface area contributed by atoms with E-state index in [0.29, 0.717) is 17.4 Å². The monoisotopic (exact) mass is 266 g/mol. The van der Waals surface area contributed by atoms with Gasteiger partial charge < -0.3 is 11.1 Å². The number of nitrogen functional groups attached to an aromatic ring is 1. The Morgan fingerprint density at radius 2 is 2.11 bits per heavy atom. The summed E-state index contributed by atoms with van der Waals surface area (Å²) in [5.41, 5.74) is 6.33. The molecule has 0 spiro atoms. The molecule has 3 N–H and O–H groups in total. The lowest BCUT2D eigenvalue weighted by molar-refractivity contribution is 0.102. The molecule has 0 bridgehead atoms. The third kappa shape index (κ3) is 2.40. The molecule has 1 amide bonds. The van der Waals surface area contributed by atoms with Crippen molar-refractivity contribution >= 4 is 17.4 Å². The van der Waals surface area contributed by atoms with E-state index < -0.39 is 17.5 Å². The molecule has 1 aromatic heterocycles. The fourth-order valence-corrected chi connectivity index (χ4v) is 1.67. The highest BCUT2D eigenvalue weighted by Gasteiger charge is 2.17. The number of hydrogen-bond donors (Lipinski definition) is 2. The number of halogens is 2. The van der Waals surface area contributed by atoms with Crippen molar-refractivity contribution in [1.82, 2.24) is 9.78 Å². The van der Waals surface area contributed by atoms with Crippen molar-refractivity contribution in [3.8, 4) is 0 Å². The van der Waals surface area contributed by atoms with Gasteiger partial charge in [-0.15, -0.1) is 0 Å². The number of anilines is 2. The lowest BCUT2D eigenvalue weighted by atomic mass is 10.2. The molecule has 5 nitrogen and oxygen atoms in total. The van der Waals surface area contributed by atoms with Gasteiger partial charge in [-0.2, -0.15) is 5.10 Å². The van der Waals surface area contributed by atoms with Gasteiger partial charge in [0, 0.05) is 13.1 Å². The summed E-state index contributed by atoms with van der Waals surface area (Å²) in [6, 6.07) is 2.72. The number of benzene rings is 1. The molecule has 0 saturated carbocycles. The van der Waals surface area contributed by atoms with Gasteiger partial charge in [0.1, 0.15) is 11.6 Å². The van der Waals surface area contributed by atoms with Gasteiger partial charge >= 0.3 is 0 Å². The first kappa shape index (κ1) is 13.0. The number of aryl methyl sites for hydroxylation is 2. The van der Waals surface area contributed by atoms with Crippen LogP contribution >= 0.6 is 0 Å². The quantitative estimate of drug-likeness (QED) is 0.871. The lowest BCUT2D eigenvalue weighted by Crippen LogP contribution is -2.17. The Kier molecular flexibility index (Phi) is 3.20. The molecule has 0 saturated heterocycles. The summed E-state index contributed by atoms with van der Waals surface area (Å²) in [4.78, 5) is 11.9. The first-order valence-electron chi connectivity index (χ1n) is 5.45. The van der Waals surface area contributed by atoms with E-state index in [1.165, 1.54) is 4.68 Å². The average molecular weight is 266 g/mol. The fraction of sp³-hybridized carbons (Fsp3) is 0.167. The van der Waals surface area contributed by atoms with E-state index in [4.69, 9.17) is 5.73 Å². The van der Waals surface area contributed by atoms with Crippen LogP contribution in [0.3, 0.4) is 0 Å². The predicted molar refractivity (Wildman–Crippen MR) is 66.7 cm³/mol. The first-order chi connectivity index (χ1) is 8.90. The number of aromatic nitrogens is 2. The van der Waals surface area contributed by atoms with E-state index in [0.717, 1.165) is 12.1 Å². The van der Waals surface area contributed by atoms with Crippen LogP contribution in [0.4, 0.5) is 20.3 Å². The summed E-state index contributed by atoms with van der Waals surface area (Å²) in [5, 5.41) is 6.47. The van der Waals surface area contributed by atoms with Crippen molar-refractivity contribution in [2.45, 2.75) is 6.92 Å². The average Bonchev–Trinajstić information content (AvgIpc) is 2.56.